The number of aromatic nitrogens is 3. The smallest absolute Gasteiger partial charge is 0.319 e. The van der Waals surface area contributed by atoms with Crippen LogP contribution in [0.3, 0.4) is 0 Å². The number of nitrogens with zero attached hydrogens (tertiary/aromatic N) is 5. The molecule has 226 valence electrons. The number of phenolic OH excluding ortho intramolecular Hbond substituents is 1. The summed E-state index contributed by atoms with van der Waals surface area (Å²) in [6, 6.07) is 5.49. The van der Waals surface area contributed by atoms with Gasteiger partial charge in [0.15, 0.2) is 5.82 Å². The standard InChI is InChI=1S/C33H30F3N5O3/c1-2-23-26(35)7-4-18-10-21(42)11-24(27(18)23)29-28(36)30-25(13-37-29)31(41-15-22-6-5-20(41)16-43-22)39-32(38-30)44-17-33-8-3-9-40(33)14-19(34)12-33/h1,4,7,10-11,13,19-20,22,42H,3,5-6,8-9,12,14-17H2/t19-,20?,22?,33+/m1/s1. The Labute approximate surface area is 251 Å². The molecule has 0 saturated carbocycles. The molecule has 7 heterocycles. The van der Waals surface area contributed by atoms with Crippen molar-refractivity contribution in [1.82, 2.24) is 19.9 Å². The summed E-state index contributed by atoms with van der Waals surface area (Å²) in [7, 11) is 0. The summed E-state index contributed by atoms with van der Waals surface area (Å²) in [5.74, 6) is 1.29. The van der Waals surface area contributed by atoms with Crippen LogP contribution in [-0.4, -0.2) is 81.7 Å². The highest BCUT2D eigenvalue weighted by atomic mass is 19.1. The molecule has 8 nitrogen and oxygen atoms in total. The van der Waals surface area contributed by atoms with Crippen molar-refractivity contribution in [2.75, 3.05) is 37.7 Å². The van der Waals surface area contributed by atoms with Gasteiger partial charge in [0.2, 0.25) is 0 Å². The van der Waals surface area contributed by atoms with Crippen LogP contribution in [0, 0.1) is 24.0 Å². The highest BCUT2D eigenvalue weighted by Gasteiger charge is 2.49. The van der Waals surface area contributed by atoms with E-state index in [4.69, 9.17) is 20.9 Å². The lowest BCUT2D eigenvalue weighted by molar-refractivity contribution is -0.0228. The Hall–Kier alpha value is -4.14. The van der Waals surface area contributed by atoms with E-state index < -0.39 is 23.3 Å². The second-order valence-electron chi connectivity index (χ2n) is 12.4. The van der Waals surface area contributed by atoms with Crippen molar-refractivity contribution in [3.05, 3.63) is 47.7 Å². The number of rotatable bonds is 5. The van der Waals surface area contributed by atoms with Crippen LogP contribution in [0.15, 0.2) is 30.5 Å². The van der Waals surface area contributed by atoms with Gasteiger partial charge in [0.1, 0.15) is 41.4 Å². The number of benzene rings is 2. The number of hydrogen-bond donors (Lipinski definition) is 1. The van der Waals surface area contributed by atoms with E-state index in [2.05, 4.69) is 25.7 Å². The molecule has 44 heavy (non-hydrogen) atoms. The van der Waals surface area contributed by atoms with Gasteiger partial charge in [-0.2, -0.15) is 9.97 Å². The van der Waals surface area contributed by atoms with Crippen molar-refractivity contribution < 1.29 is 27.8 Å². The summed E-state index contributed by atoms with van der Waals surface area (Å²) in [6.07, 6.45) is 10.3. The highest BCUT2D eigenvalue weighted by molar-refractivity contribution is 6.03. The molecule has 0 radical (unpaired) electrons. The van der Waals surface area contributed by atoms with Gasteiger partial charge in [-0.3, -0.25) is 9.88 Å². The number of halogens is 3. The van der Waals surface area contributed by atoms with Gasteiger partial charge >= 0.3 is 6.01 Å². The van der Waals surface area contributed by atoms with Crippen LogP contribution in [0.1, 0.15) is 37.7 Å². The lowest BCUT2D eigenvalue weighted by Crippen LogP contribution is -2.55. The fourth-order valence-electron chi connectivity index (χ4n) is 7.70. The van der Waals surface area contributed by atoms with Gasteiger partial charge in [-0.15, -0.1) is 6.42 Å². The lowest BCUT2D eigenvalue weighted by Gasteiger charge is -2.45. The van der Waals surface area contributed by atoms with Gasteiger partial charge in [-0.05, 0) is 55.8 Å². The molecule has 5 aliphatic rings. The molecule has 9 rings (SSSR count). The molecule has 0 aliphatic carbocycles. The number of terminal acetylenes is 1. The van der Waals surface area contributed by atoms with E-state index >= 15 is 4.39 Å². The summed E-state index contributed by atoms with van der Waals surface area (Å²) < 4.78 is 58.1. The van der Waals surface area contributed by atoms with Crippen LogP contribution in [0.2, 0.25) is 0 Å². The summed E-state index contributed by atoms with van der Waals surface area (Å²) in [5.41, 5.74) is -0.521. The molecule has 4 aromatic rings. The summed E-state index contributed by atoms with van der Waals surface area (Å²) in [6.45, 7) is 2.50. The average molecular weight is 602 g/mol. The lowest BCUT2D eigenvalue weighted by atomic mass is 9.95. The molecule has 5 aliphatic heterocycles. The minimum Gasteiger partial charge on any atom is -0.508 e. The highest BCUT2D eigenvalue weighted by Crippen LogP contribution is 2.42. The van der Waals surface area contributed by atoms with Crippen LogP contribution < -0.4 is 9.64 Å². The number of phenols is 1. The first kappa shape index (κ1) is 27.4. The monoisotopic (exact) mass is 601 g/mol. The fraction of sp³-hybridized carbons (Fsp3) is 0.424. The van der Waals surface area contributed by atoms with Crippen molar-refractivity contribution in [1.29, 1.82) is 0 Å². The van der Waals surface area contributed by atoms with Crippen LogP contribution in [0.5, 0.6) is 11.8 Å². The van der Waals surface area contributed by atoms with Crippen molar-refractivity contribution >= 4 is 27.5 Å². The average Bonchev–Trinajstić information content (AvgIpc) is 3.56. The zero-order valence-corrected chi connectivity index (χ0v) is 23.9. The molecule has 0 spiro atoms. The third-order valence-corrected chi connectivity index (χ3v) is 9.78. The number of pyridine rings is 1. The third kappa shape index (κ3) is 4.26. The van der Waals surface area contributed by atoms with Gasteiger partial charge in [-0.1, -0.05) is 12.0 Å². The fourth-order valence-corrected chi connectivity index (χ4v) is 7.70. The molecule has 2 unspecified atom stereocenters. The Kier molecular flexibility index (Phi) is 6.36. The number of ether oxygens (including phenoxy) is 2. The van der Waals surface area contributed by atoms with Crippen molar-refractivity contribution in [3.63, 3.8) is 0 Å². The van der Waals surface area contributed by atoms with Crippen molar-refractivity contribution in [2.24, 2.45) is 0 Å². The Morgan fingerprint density at radius 1 is 1.18 bits per heavy atom. The second-order valence-corrected chi connectivity index (χ2v) is 12.4. The number of anilines is 1. The molecule has 2 bridgehead atoms. The zero-order chi connectivity index (χ0) is 30.2. The number of aromatic hydroxyl groups is 1. The number of hydrogen-bond acceptors (Lipinski definition) is 8. The topological polar surface area (TPSA) is 83.8 Å². The Morgan fingerprint density at radius 3 is 2.84 bits per heavy atom. The van der Waals surface area contributed by atoms with E-state index in [-0.39, 0.29) is 58.2 Å². The number of alkyl halides is 1. The van der Waals surface area contributed by atoms with Crippen LogP contribution in [0.25, 0.3) is 32.9 Å². The Balaban J connectivity index is 1.29. The van der Waals surface area contributed by atoms with Gasteiger partial charge in [-0.25, -0.2) is 13.2 Å². The quantitative estimate of drug-likeness (QED) is 0.315. The largest absolute Gasteiger partial charge is 0.508 e. The first-order valence-electron chi connectivity index (χ1n) is 15.0. The summed E-state index contributed by atoms with van der Waals surface area (Å²) >= 11 is 0. The molecule has 0 amide bonds. The van der Waals surface area contributed by atoms with E-state index in [1.54, 1.807) is 0 Å². The van der Waals surface area contributed by atoms with Crippen molar-refractivity contribution in [2.45, 2.75) is 56.0 Å². The predicted octanol–water partition coefficient (Wildman–Crippen LogP) is 5.13. The number of morpholine rings is 1. The molecule has 5 saturated heterocycles. The molecular weight excluding hydrogens is 571 g/mol. The van der Waals surface area contributed by atoms with Gasteiger partial charge < -0.3 is 19.5 Å². The molecule has 5 fully saturated rings. The van der Waals surface area contributed by atoms with Crippen LogP contribution in [-0.2, 0) is 4.74 Å². The first-order chi connectivity index (χ1) is 21.3. The molecule has 2 aromatic heterocycles. The van der Waals surface area contributed by atoms with Gasteiger partial charge in [0, 0.05) is 36.7 Å². The van der Waals surface area contributed by atoms with Gasteiger partial charge in [0.05, 0.1) is 35.2 Å². The van der Waals surface area contributed by atoms with E-state index in [9.17, 15) is 13.9 Å². The number of fused-ring (bicyclic) bond motifs is 6. The summed E-state index contributed by atoms with van der Waals surface area (Å²) in [4.78, 5) is 18.0. The molecule has 11 heteroatoms. The molecule has 4 atom stereocenters. The molecule has 2 aromatic carbocycles. The SMILES string of the molecule is C#Cc1c(F)ccc2cc(O)cc(-c3ncc4c(N5CC6CCC5CO6)nc(OC[C@@]56CCCN5C[C@H](F)C6)nc4c3F)c12. The van der Waals surface area contributed by atoms with Crippen LogP contribution in [0.4, 0.5) is 19.0 Å². The minimum absolute atomic E-state index is 0.00873. The maximum absolute atomic E-state index is 16.7. The Bertz CT molecular complexity index is 1860. The summed E-state index contributed by atoms with van der Waals surface area (Å²) in [5, 5.41) is 11.6. The molecular formula is C33H30F3N5O3. The Morgan fingerprint density at radius 2 is 2.07 bits per heavy atom. The van der Waals surface area contributed by atoms with E-state index in [0.717, 1.165) is 32.2 Å². The predicted molar refractivity (Wildman–Crippen MR) is 158 cm³/mol. The van der Waals surface area contributed by atoms with Crippen LogP contribution >= 0.6 is 0 Å². The number of piperidine rings is 1. The van der Waals surface area contributed by atoms with E-state index in [0.29, 0.717) is 42.7 Å². The zero-order valence-electron chi connectivity index (χ0n) is 23.9. The van der Waals surface area contributed by atoms with E-state index in [1.165, 1.54) is 30.5 Å². The third-order valence-electron chi connectivity index (χ3n) is 9.78. The minimum atomic E-state index is -0.920. The van der Waals surface area contributed by atoms with Gasteiger partial charge in [0.25, 0.3) is 0 Å². The van der Waals surface area contributed by atoms with E-state index in [1.807, 2.05) is 0 Å². The van der Waals surface area contributed by atoms with Crippen molar-refractivity contribution in [3.8, 4) is 35.4 Å². The first-order valence-corrected chi connectivity index (χ1v) is 15.0. The molecule has 1 N–H and O–H groups in total. The maximum Gasteiger partial charge on any atom is 0.319 e. The maximum atomic E-state index is 16.7. The second kappa shape index (κ2) is 10.2. The normalized spacial score (nSPS) is 26.4.